The molecular weight excluding hydrogens is 257 g/mol. The Labute approximate surface area is 118 Å². The van der Waals surface area contributed by atoms with Crippen LogP contribution >= 0.6 is 0 Å². The van der Waals surface area contributed by atoms with E-state index in [-0.39, 0.29) is 17.6 Å². The predicted octanol–water partition coefficient (Wildman–Crippen LogP) is 2.52. The number of likely N-dealkylation sites (N-methyl/N-ethyl adjacent to an activating group) is 1. The lowest BCUT2D eigenvalue weighted by Crippen LogP contribution is -2.25. The summed E-state index contributed by atoms with van der Waals surface area (Å²) in [6, 6.07) is 6.79. The summed E-state index contributed by atoms with van der Waals surface area (Å²) in [5.74, 6) is 0.595. The molecule has 2 aromatic rings. The lowest BCUT2D eigenvalue weighted by atomic mass is 10.0. The molecule has 0 amide bonds. The van der Waals surface area contributed by atoms with Crippen LogP contribution in [0.3, 0.4) is 0 Å². The zero-order valence-electron chi connectivity index (χ0n) is 11.6. The molecule has 1 N–H and O–H groups in total. The van der Waals surface area contributed by atoms with Crippen LogP contribution in [0.5, 0.6) is 5.75 Å². The van der Waals surface area contributed by atoms with Crippen LogP contribution in [0.2, 0.25) is 0 Å². The average molecular weight is 275 g/mol. The van der Waals surface area contributed by atoms with Crippen molar-refractivity contribution in [2.45, 2.75) is 19.4 Å². The SMILES string of the molecule is CCNC(Cc1cccc(OC)c1F)c1ncccn1. The fourth-order valence-electron chi connectivity index (χ4n) is 2.08. The van der Waals surface area contributed by atoms with Gasteiger partial charge in [0.15, 0.2) is 11.6 Å². The number of hydrogen-bond donors (Lipinski definition) is 1. The number of methoxy groups -OCH3 is 1. The highest BCUT2D eigenvalue weighted by Crippen LogP contribution is 2.23. The smallest absolute Gasteiger partial charge is 0.168 e. The average Bonchev–Trinajstić information content (AvgIpc) is 2.49. The number of hydrogen-bond acceptors (Lipinski definition) is 4. The molecule has 20 heavy (non-hydrogen) atoms. The zero-order chi connectivity index (χ0) is 14.4. The minimum Gasteiger partial charge on any atom is -0.494 e. The molecule has 0 aliphatic rings. The van der Waals surface area contributed by atoms with Crippen molar-refractivity contribution in [3.63, 3.8) is 0 Å². The summed E-state index contributed by atoms with van der Waals surface area (Å²) in [7, 11) is 1.46. The van der Waals surface area contributed by atoms with Crippen LogP contribution in [0.25, 0.3) is 0 Å². The number of aromatic nitrogens is 2. The zero-order valence-corrected chi connectivity index (χ0v) is 11.6. The molecule has 0 aliphatic heterocycles. The van der Waals surface area contributed by atoms with Gasteiger partial charge in [-0.25, -0.2) is 14.4 Å². The Morgan fingerprint density at radius 3 is 2.65 bits per heavy atom. The third-order valence-corrected chi connectivity index (χ3v) is 3.04. The van der Waals surface area contributed by atoms with Crippen molar-refractivity contribution < 1.29 is 9.13 Å². The second-order valence-electron chi connectivity index (χ2n) is 4.35. The largest absolute Gasteiger partial charge is 0.494 e. The number of nitrogens with zero attached hydrogens (tertiary/aromatic N) is 2. The van der Waals surface area contributed by atoms with Crippen molar-refractivity contribution in [1.82, 2.24) is 15.3 Å². The number of rotatable bonds is 6. The maximum Gasteiger partial charge on any atom is 0.168 e. The van der Waals surface area contributed by atoms with Crippen molar-refractivity contribution in [1.29, 1.82) is 0 Å². The van der Waals surface area contributed by atoms with E-state index in [1.165, 1.54) is 7.11 Å². The van der Waals surface area contributed by atoms with Gasteiger partial charge in [0.05, 0.1) is 13.2 Å². The molecule has 1 aromatic carbocycles. The molecule has 2 rings (SSSR count). The summed E-state index contributed by atoms with van der Waals surface area (Å²) in [5, 5.41) is 3.28. The Bertz CT molecular complexity index is 548. The summed E-state index contributed by atoms with van der Waals surface area (Å²) in [5.41, 5.74) is 0.586. The van der Waals surface area contributed by atoms with E-state index in [9.17, 15) is 4.39 Å². The van der Waals surface area contributed by atoms with Crippen LogP contribution in [0.1, 0.15) is 24.4 Å². The van der Waals surface area contributed by atoms with E-state index in [4.69, 9.17) is 4.74 Å². The van der Waals surface area contributed by atoms with E-state index in [2.05, 4.69) is 15.3 Å². The highest BCUT2D eigenvalue weighted by molar-refractivity contribution is 5.31. The van der Waals surface area contributed by atoms with E-state index in [1.54, 1.807) is 36.7 Å². The van der Waals surface area contributed by atoms with Gasteiger partial charge in [0.1, 0.15) is 5.82 Å². The Kier molecular flexibility index (Phi) is 5.01. The molecule has 106 valence electrons. The lowest BCUT2D eigenvalue weighted by molar-refractivity contribution is 0.382. The summed E-state index contributed by atoms with van der Waals surface area (Å²) < 4.78 is 19.2. The normalized spacial score (nSPS) is 12.2. The van der Waals surface area contributed by atoms with Gasteiger partial charge in [-0.2, -0.15) is 0 Å². The number of nitrogens with one attached hydrogen (secondary N) is 1. The molecule has 0 fully saturated rings. The lowest BCUT2D eigenvalue weighted by Gasteiger charge is -2.17. The molecule has 1 atom stereocenters. The van der Waals surface area contributed by atoms with Crippen LogP contribution in [0, 0.1) is 5.82 Å². The monoisotopic (exact) mass is 275 g/mol. The first kappa shape index (κ1) is 14.4. The van der Waals surface area contributed by atoms with Crippen LogP contribution in [0.15, 0.2) is 36.7 Å². The number of halogens is 1. The van der Waals surface area contributed by atoms with Gasteiger partial charge in [-0.3, -0.25) is 0 Å². The van der Waals surface area contributed by atoms with Crippen molar-refractivity contribution in [3.8, 4) is 5.75 Å². The Balaban J connectivity index is 2.25. The minimum atomic E-state index is -0.325. The quantitative estimate of drug-likeness (QED) is 0.880. The molecule has 0 saturated carbocycles. The van der Waals surface area contributed by atoms with E-state index in [0.29, 0.717) is 17.8 Å². The van der Waals surface area contributed by atoms with Gasteiger partial charge in [-0.1, -0.05) is 19.1 Å². The van der Waals surface area contributed by atoms with E-state index in [0.717, 1.165) is 6.54 Å². The van der Waals surface area contributed by atoms with Crippen molar-refractivity contribution in [2.75, 3.05) is 13.7 Å². The molecule has 0 radical (unpaired) electrons. The summed E-state index contributed by atoms with van der Waals surface area (Å²) in [6.45, 7) is 2.76. The summed E-state index contributed by atoms with van der Waals surface area (Å²) in [6.07, 6.45) is 3.85. The van der Waals surface area contributed by atoms with Gasteiger partial charge in [0.25, 0.3) is 0 Å². The maximum absolute atomic E-state index is 14.2. The predicted molar refractivity (Wildman–Crippen MR) is 75.1 cm³/mol. The van der Waals surface area contributed by atoms with Gasteiger partial charge in [-0.05, 0) is 30.7 Å². The Morgan fingerprint density at radius 1 is 1.25 bits per heavy atom. The first-order chi connectivity index (χ1) is 9.76. The molecule has 1 unspecified atom stereocenters. The highest BCUT2D eigenvalue weighted by atomic mass is 19.1. The molecule has 5 heteroatoms. The van der Waals surface area contributed by atoms with Crippen molar-refractivity contribution >= 4 is 0 Å². The maximum atomic E-state index is 14.2. The molecule has 0 bridgehead atoms. The molecule has 1 heterocycles. The van der Waals surface area contributed by atoms with E-state index >= 15 is 0 Å². The van der Waals surface area contributed by atoms with Gasteiger partial charge >= 0.3 is 0 Å². The van der Waals surface area contributed by atoms with Gasteiger partial charge in [-0.15, -0.1) is 0 Å². The Hall–Kier alpha value is -2.01. The van der Waals surface area contributed by atoms with Crippen LogP contribution in [-0.2, 0) is 6.42 Å². The highest BCUT2D eigenvalue weighted by Gasteiger charge is 2.17. The molecule has 0 spiro atoms. The fourth-order valence-corrected chi connectivity index (χ4v) is 2.08. The van der Waals surface area contributed by atoms with E-state index in [1.807, 2.05) is 6.92 Å². The van der Waals surface area contributed by atoms with Gasteiger partial charge in [0.2, 0.25) is 0 Å². The Morgan fingerprint density at radius 2 is 2.00 bits per heavy atom. The van der Waals surface area contributed by atoms with Crippen LogP contribution in [-0.4, -0.2) is 23.6 Å². The summed E-state index contributed by atoms with van der Waals surface area (Å²) >= 11 is 0. The number of ether oxygens (including phenoxy) is 1. The van der Waals surface area contributed by atoms with Gasteiger partial charge in [0, 0.05) is 12.4 Å². The van der Waals surface area contributed by atoms with Crippen molar-refractivity contribution in [2.24, 2.45) is 0 Å². The number of benzene rings is 1. The second kappa shape index (κ2) is 6.96. The second-order valence-corrected chi connectivity index (χ2v) is 4.35. The standard InChI is InChI=1S/C15H18FN3O/c1-3-17-12(15-18-8-5-9-19-15)10-11-6-4-7-13(20-2)14(11)16/h4-9,12,17H,3,10H2,1-2H3. The summed E-state index contributed by atoms with van der Waals surface area (Å²) in [4.78, 5) is 8.48. The molecule has 0 aliphatic carbocycles. The first-order valence-electron chi connectivity index (χ1n) is 6.58. The fraction of sp³-hybridized carbons (Fsp3) is 0.333. The van der Waals surface area contributed by atoms with Crippen LogP contribution in [0.4, 0.5) is 4.39 Å². The molecule has 1 aromatic heterocycles. The molecule has 4 nitrogen and oxygen atoms in total. The third-order valence-electron chi connectivity index (χ3n) is 3.04. The van der Waals surface area contributed by atoms with Crippen LogP contribution < -0.4 is 10.1 Å². The van der Waals surface area contributed by atoms with Gasteiger partial charge < -0.3 is 10.1 Å². The van der Waals surface area contributed by atoms with Crippen molar-refractivity contribution in [3.05, 3.63) is 53.9 Å². The van der Waals surface area contributed by atoms with E-state index < -0.39 is 0 Å². The molecular formula is C15H18FN3O. The minimum absolute atomic E-state index is 0.122. The first-order valence-corrected chi connectivity index (χ1v) is 6.58. The topological polar surface area (TPSA) is 47.0 Å². The molecule has 0 saturated heterocycles. The third kappa shape index (κ3) is 3.30.